The minimum absolute atomic E-state index is 0.0333. The van der Waals surface area contributed by atoms with Crippen LogP contribution in [-0.4, -0.2) is 4.98 Å². The van der Waals surface area contributed by atoms with Crippen molar-refractivity contribution < 1.29 is 0 Å². The van der Waals surface area contributed by atoms with E-state index in [9.17, 15) is 0 Å². The maximum atomic E-state index is 4.97. The van der Waals surface area contributed by atoms with E-state index < -0.39 is 0 Å². The van der Waals surface area contributed by atoms with Crippen molar-refractivity contribution in [2.75, 3.05) is 0 Å². The highest BCUT2D eigenvalue weighted by Gasteiger charge is 2.22. The monoisotopic (exact) mass is 291 g/mol. The molecular formula is C21H25N. The normalized spacial score (nSPS) is 13.0. The number of aromatic nitrogens is 1. The second kappa shape index (κ2) is 4.81. The van der Waals surface area contributed by atoms with E-state index in [1.807, 2.05) is 0 Å². The summed E-state index contributed by atoms with van der Waals surface area (Å²) in [7, 11) is 0. The van der Waals surface area contributed by atoms with E-state index in [2.05, 4.69) is 84.0 Å². The molecule has 3 rings (SSSR count). The third-order valence-electron chi connectivity index (χ3n) is 4.28. The van der Waals surface area contributed by atoms with Gasteiger partial charge in [-0.2, -0.15) is 0 Å². The zero-order valence-corrected chi connectivity index (χ0v) is 14.5. The molecule has 0 saturated heterocycles. The van der Waals surface area contributed by atoms with Crippen molar-refractivity contribution in [2.24, 2.45) is 0 Å². The molecule has 0 aliphatic rings. The Hall–Kier alpha value is -1.89. The Morgan fingerprint density at radius 2 is 1.36 bits per heavy atom. The second-order valence-corrected chi connectivity index (χ2v) is 8.24. The van der Waals surface area contributed by atoms with Crippen LogP contribution in [0.2, 0.25) is 0 Å². The lowest BCUT2D eigenvalue weighted by molar-refractivity contribution is 0.577. The van der Waals surface area contributed by atoms with Crippen LogP contribution in [0.3, 0.4) is 0 Å². The van der Waals surface area contributed by atoms with Gasteiger partial charge in [0, 0.05) is 16.2 Å². The number of hydrogen-bond acceptors (Lipinski definition) is 1. The lowest BCUT2D eigenvalue weighted by atomic mass is 9.83. The standard InChI is InChI=1S/C21H25N/c1-20(2,3)14-11-12-16-17(13-14)15-9-7-8-10-18(15)22-19(16)21(4,5)6/h7-13H,1-6H3. The van der Waals surface area contributed by atoms with Gasteiger partial charge in [0.25, 0.3) is 0 Å². The smallest absolute Gasteiger partial charge is 0.0712 e. The molecule has 3 aromatic rings. The van der Waals surface area contributed by atoms with E-state index in [0.29, 0.717) is 0 Å². The van der Waals surface area contributed by atoms with Gasteiger partial charge in [0.05, 0.1) is 11.2 Å². The number of rotatable bonds is 0. The summed E-state index contributed by atoms with van der Waals surface area (Å²) in [5.41, 5.74) is 3.83. The summed E-state index contributed by atoms with van der Waals surface area (Å²) in [6, 6.07) is 15.3. The molecule has 22 heavy (non-hydrogen) atoms. The first kappa shape index (κ1) is 15.0. The van der Waals surface area contributed by atoms with Crippen molar-refractivity contribution in [3.8, 4) is 0 Å². The van der Waals surface area contributed by atoms with Crippen LogP contribution in [0.15, 0.2) is 42.5 Å². The molecule has 2 aromatic carbocycles. The number of hydrogen-bond donors (Lipinski definition) is 0. The summed E-state index contributed by atoms with van der Waals surface area (Å²) in [6.07, 6.45) is 0. The third-order valence-corrected chi connectivity index (χ3v) is 4.28. The zero-order chi connectivity index (χ0) is 16.1. The van der Waals surface area contributed by atoms with Crippen LogP contribution in [0.25, 0.3) is 21.7 Å². The van der Waals surface area contributed by atoms with Crippen molar-refractivity contribution in [2.45, 2.75) is 52.4 Å². The molecular weight excluding hydrogens is 266 g/mol. The molecule has 0 atom stereocenters. The first-order valence-electron chi connectivity index (χ1n) is 8.01. The highest BCUT2D eigenvalue weighted by molar-refractivity contribution is 6.07. The van der Waals surface area contributed by atoms with E-state index in [1.54, 1.807) is 0 Å². The third kappa shape index (κ3) is 2.49. The van der Waals surface area contributed by atoms with Gasteiger partial charge in [-0.05, 0) is 28.5 Å². The minimum Gasteiger partial charge on any atom is -0.252 e. The summed E-state index contributed by atoms with van der Waals surface area (Å²) in [5, 5.41) is 3.85. The van der Waals surface area contributed by atoms with Gasteiger partial charge in [-0.25, -0.2) is 0 Å². The van der Waals surface area contributed by atoms with Crippen molar-refractivity contribution in [3.63, 3.8) is 0 Å². The Morgan fingerprint density at radius 3 is 2.00 bits per heavy atom. The van der Waals surface area contributed by atoms with Crippen LogP contribution >= 0.6 is 0 Å². The first-order valence-corrected chi connectivity index (χ1v) is 8.01. The van der Waals surface area contributed by atoms with Gasteiger partial charge in [-0.3, -0.25) is 4.98 Å². The van der Waals surface area contributed by atoms with Crippen molar-refractivity contribution >= 4 is 21.7 Å². The number of fused-ring (bicyclic) bond motifs is 3. The Balaban J connectivity index is 2.48. The fourth-order valence-electron chi connectivity index (χ4n) is 2.99. The average Bonchev–Trinajstić information content (AvgIpc) is 2.44. The largest absolute Gasteiger partial charge is 0.252 e. The summed E-state index contributed by atoms with van der Waals surface area (Å²) in [6.45, 7) is 13.5. The van der Waals surface area contributed by atoms with Crippen molar-refractivity contribution in [1.29, 1.82) is 0 Å². The average molecular weight is 291 g/mol. The van der Waals surface area contributed by atoms with Gasteiger partial charge < -0.3 is 0 Å². The minimum atomic E-state index is 0.0333. The molecule has 0 fully saturated rings. The number of nitrogens with zero attached hydrogens (tertiary/aromatic N) is 1. The SMILES string of the molecule is CC(C)(C)c1ccc2c(C(C)(C)C)nc3ccccc3c2c1. The predicted octanol–water partition coefficient (Wildman–Crippen LogP) is 5.98. The van der Waals surface area contributed by atoms with Crippen LogP contribution in [0.1, 0.15) is 52.8 Å². The van der Waals surface area contributed by atoms with E-state index in [1.165, 1.54) is 27.4 Å². The molecule has 0 N–H and O–H groups in total. The van der Waals surface area contributed by atoms with Gasteiger partial charge in [0.15, 0.2) is 0 Å². The quantitative estimate of drug-likeness (QED) is 0.464. The highest BCUT2D eigenvalue weighted by atomic mass is 14.7. The summed E-state index contributed by atoms with van der Waals surface area (Å²) in [5.74, 6) is 0. The van der Waals surface area contributed by atoms with Gasteiger partial charge in [-0.1, -0.05) is 71.9 Å². The summed E-state index contributed by atoms with van der Waals surface area (Å²) < 4.78 is 0. The van der Waals surface area contributed by atoms with Crippen molar-refractivity contribution in [1.82, 2.24) is 4.98 Å². The molecule has 1 heterocycles. The van der Waals surface area contributed by atoms with E-state index in [-0.39, 0.29) is 10.8 Å². The van der Waals surface area contributed by atoms with Crippen LogP contribution < -0.4 is 0 Å². The van der Waals surface area contributed by atoms with Gasteiger partial charge in [-0.15, -0.1) is 0 Å². The number of para-hydroxylation sites is 1. The molecule has 0 radical (unpaired) electrons. The Morgan fingerprint density at radius 1 is 0.682 bits per heavy atom. The topological polar surface area (TPSA) is 12.9 Å². The molecule has 0 aliphatic heterocycles. The number of benzene rings is 2. The van der Waals surface area contributed by atoms with Gasteiger partial charge >= 0.3 is 0 Å². The molecule has 0 saturated carbocycles. The van der Waals surface area contributed by atoms with Crippen LogP contribution in [0, 0.1) is 0 Å². The molecule has 0 spiro atoms. The van der Waals surface area contributed by atoms with Crippen LogP contribution in [-0.2, 0) is 10.8 Å². The van der Waals surface area contributed by atoms with Gasteiger partial charge in [0.2, 0.25) is 0 Å². The molecule has 1 nitrogen and oxygen atoms in total. The van der Waals surface area contributed by atoms with Crippen LogP contribution in [0.4, 0.5) is 0 Å². The molecule has 1 heteroatoms. The summed E-state index contributed by atoms with van der Waals surface area (Å²) >= 11 is 0. The molecule has 114 valence electrons. The molecule has 0 amide bonds. The second-order valence-electron chi connectivity index (χ2n) is 8.24. The zero-order valence-electron chi connectivity index (χ0n) is 14.5. The Bertz CT molecular complexity index is 845. The number of pyridine rings is 1. The molecule has 0 bridgehead atoms. The highest BCUT2D eigenvalue weighted by Crippen LogP contribution is 2.35. The van der Waals surface area contributed by atoms with E-state index in [0.717, 1.165) is 5.52 Å². The lowest BCUT2D eigenvalue weighted by Gasteiger charge is -2.24. The van der Waals surface area contributed by atoms with Gasteiger partial charge in [0.1, 0.15) is 0 Å². The molecule has 0 aliphatic carbocycles. The Labute approximate surface area is 133 Å². The maximum Gasteiger partial charge on any atom is 0.0712 e. The van der Waals surface area contributed by atoms with Crippen molar-refractivity contribution in [3.05, 3.63) is 53.7 Å². The lowest BCUT2D eigenvalue weighted by Crippen LogP contribution is -2.15. The molecule has 0 unspecified atom stereocenters. The fourth-order valence-corrected chi connectivity index (χ4v) is 2.99. The Kier molecular flexibility index (Phi) is 3.28. The predicted molar refractivity (Wildman–Crippen MR) is 96.6 cm³/mol. The van der Waals surface area contributed by atoms with E-state index in [4.69, 9.17) is 4.98 Å². The first-order chi connectivity index (χ1) is 10.2. The summed E-state index contributed by atoms with van der Waals surface area (Å²) in [4.78, 5) is 4.97. The maximum absolute atomic E-state index is 4.97. The van der Waals surface area contributed by atoms with E-state index >= 15 is 0 Å². The molecule has 1 aromatic heterocycles. The van der Waals surface area contributed by atoms with Crippen LogP contribution in [0.5, 0.6) is 0 Å². The fraction of sp³-hybridized carbons (Fsp3) is 0.381.